The zero-order chi connectivity index (χ0) is 24.2. The molecule has 1 aliphatic carbocycles. The first-order valence-electron chi connectivity index (χ1n) is 10.7. The third kappa shape index (κ3) is 6.75. The molecule has 0 bridgehead atoms. The van der Waals surface area contributed by atoms with Crippen LogP contribution >= 0.6 is 11.6 Å². The minimum absolute atomic E-state index is 0.00888. The van der Waals surface area contributed by atoms with Crippen molar-refractivity contribution >= 4 is 39.1 Å². The Morgan fingerprint density at radius 1 is 1.06 bits per heavy atom. The lowest BCUT2D eigenvalue weighted by Gasteiger charge is -2.29. The summed E-state index contributed by atoms with van der Waals surface area (Å²) in [6, 6.07) is 9.58. The molecule has 7 nitrogen and oxygen atoms in total. The highest BCUT2D eigenvalue weighted by atomic mass is 35.5. The average molecular weight is 496 g/mol. The maximum absolute atomic E-state index is 13.1. The van der Waals surface area contributed by atoms with Crippen LogP contribution in [0.4, 0.5) is 10.1 Å². The van der Waals surface area contributed by atoms with Gasteiger partial charge in [-0.1, -0.05) is 23.7 Å². The predicted octanol–water partition coefficient (Wildman–Crippen LogP) is 4.15. The molecule has 3 N–H and O–H groups in total. The van der Waals surface area contributed by atoms with Gasteiger partial charge in [-0.3, -0.25) is 9.59 Å². The molecule has 1 fully saturated rings. The van der Waals surface area contributed by atoms with Gasteiger partial charge in [0.15, 0.2) is 0 Å². The first kappa shape index (κ1) is 25.1. The van der Waals surface area contributed by atoms with E-state index in [4.69, 9.17) is 11.6 Å². The molecule has 1 atom stereocenters. The number of halogens is 2. The van der Waals surface area contributed by atoms with Crippen molar-refractivity contribution in [3.8, 4) is 0 Å². The summed E-state index contributed by atoms with van der Waals surface area (Å²) < 4.78 is 41.3. The number of benzene rings is 2. The SMILES string of the molecule is CC(=O)Nc1ccc(S(=O)(=O)NC2CCC(C(=O)N[C@H](C)c3ccc(F)cc3)CC2)cc1Cl. The van der Waals surface area contributed by atoms with E-state index in [1.165, 1.54) is 37.3 Å². The van der Waals surface area contributed by atoms with Crippen molar-refractivity contribution in [3.63, 3.8) is 0 Å². The van der Waals surface area contributed by atoms with Crippen LogP contribution in [0.25, 0.3) is 0 Å². The van der Waals surface area contributed by atoms with Crippen molar-refractivity contribution in [3.05, 3.63) is 58.9 Å². The molecule has 0 spiro atoms. The van der Waals surface area contributed by atoms with E-state index in [1.54, 1.807) is 12.1 Å². The van der Waals surface area contributed by atoms with E-state index < -0.39 is 10.0 Å². The number of carbonyl (C=O) groups is 2. The Bertz CT molecular complexity index is 1120. The number of anilines is 1. The van der Waals surface area contributed by atoms with E-state index in [0.29, 0.717) is 31.4 Å². The molecule has 33 heavy (non-hydrogen) atoms. The van der Waals surface area contributed by atoms with Crippen LogP contribution in [0.1, 0.15) is 51.1 Å². The summed E-state index contributed by atoms with van der Waals surface area (Å²) in [5.74, 6) is -0.934. The summed E-state index contributed by atoms with van der Waals surface area (Å²) in [4.78, 5) is 23.8. The van der Waals surface area contributed by atoms with Crippen LogP contribution in [-0.2, 0) is 19.6 Å². The zero-order valence-electron chi connectivity index (χ0n) is 18.4. The number of rotatable bonds is 7. The summed E-state index contributed by atoms with van der Waals surface area (Å²) in [5.41, 5.74) is 1.15. The first-order chi connectivity index (χ1) is 15.5. The van der Waals surface area contributed by atoms with Crippen molar-refractivity contribution in [2.45, 2.75) is 56.5 Å². The molecule has 0 heterocycles. The maximum atomic E-state index is 13.1. The van der Waals surface area contributed by atoms with E-state index in [0.717, 1.165) is 5.56 Å². The Kier molecular flexibility index (Phi) is 8.10. The quantitative estimate of drug-likeness (QED) is 0.536. The fourth-order valence-corrected chi connectivity index (χ4v) is 5.50. The van der Waals surface area contributed by atoms with Crippen molar-refractivity contribution in [1.29, 1.82) is 0 Å². The van der Waals surface area contributed by atoms with Gasteiger partial charge in [-0.25, -0.2) is 17.5 Å². The van der Waals surface area contributed by atoms with Crippen LogP contribution in [-0.4, -0.2) is 26.3 Å². The fraction of sp³-hybridized carbons (Fsp3) is 0.391. The predicted molar refractivity (Wildman–Crippen MR) is 125 cm³/mol. The number of nitrogens with one attached hydrogen (secondary N) is 3. The zero-order valence-corrected chi connectivity index (χ0v) is 20.0. The monoisotopic (exact) mass is 495 g/mol. The fourth-order valence-electron chi connectivity index (χ4n) is 3.88. The third-order valence-electron chi connectivity index (χ3n) is 5.71. The van der Waals surface area contributed by atoms with Gasteiger partial charge in [0, 0.05) is 18.9 Å². The largest absolute Gasteiger partial charge is 0.349 e. The van der Waals surface area contributed by atoms with Gasteiger partial charge in [0.1, 0.15) is 5.82 Å². The Morgan fingerprint density at radius 2 is 1.70 bits per heavy atom. The van der Waals surface area contributed by atoms with E-state index in [9.17, 15) is 22.4 Å². The molecule has 2 amide bonds. The van der Waals surface area contributed by atoms with Crippen LogP contribution in [0.15, 0.2) is 47.4 Å². The number of hydrogen-bond acceptors (Lipinski definition) is 4. The van der Waals surface area contributed by atoms with Crippen molar-refractivity contribution in [1.82, 2.24) is 10.0 Å². The van der Waals surface area contributed by atoms with Crippen LogP contribution in [0, 0.1) is 11.7 Å². The van der Waals surface area contributed by atoms with E-state index in [1.807, 2.05) is 6.92 Å². The highest BCUT2D eigenvalue weighted by Gasteiger charge is 2.30. The molecular formula is C23H27ClFN3O4S. The van der Waals surface area contributed by atoms with Gasteiger partial charge in [0.05, 0.1) is 21.6 Å². The molecule has 0 unspecified atom stereocenters. The Labute approximate surface area is 198 Å². The number of amides is 2. The standard InChI is InChI=1S/C23H27ClFN3O4S/c1-14(16-3-7-18(25)8-4-16)26-23(30)17-5-9-19(10-6-17)28-33(31,32)20-11-12-22(21(24)13-20)27-15(2)29/h3-4,7-8,11-14,17,19,28H,5-6,9-10H2,1-2H3,(H,26,30)(H,27,29)/t14-,17?,19?/m1/s1. The smallest absolute Gasteiger partial charge is 0.240 e. The molecule has 178 valence electrons. The van der Waals surface area contributed by atoms with E-state index in [2.05, 4.69) is 15.4 Å². The molecule has 10 heteroatoms. The normalized spacial score (nSPS) is 19.5. The van der Waals surface area contributed by atoms with E-state index in [-0.39, 0.29) is 45.6 Å². The summed E-state index contributed by atoms with van der Waals surface area (Å²) >= 11 is 6.10. The van der Waals surface area contributed by atoms with Crippen molar-refractivity contribution in [2.75, 3.05) is 5.32 Å². The maximum Gasteiger partial charge on any atom is 0.240 e. The highest BCUT2D eigenvalue weighted by Crippen LogP contribution is 2.29. The molecule has 0 aromatic heterocycles. The van der Waals surface area contributed by atoms with Crippen LogP contribution in [0.2, 0.25) is 5.02 Å². The van der Waals surface area contributed by atoms with Gasteiger partial charge in [-0.2, -0.15) is 0 Å². The molecule has 0 aliphatic heterocycles. The van der Waals surface area contributed by atoms with Gasteiger partial charge >= 0.3 is 0 Å². The minimum Gasteiger partial charge on any atom is -0.349 e. The third-order valence-corrected chi connectivity index (χ3v) is 7.54. The van der Waals surface area contributed by atoms with Gasteiger partial charge in [0.25, 0.3) is 0 Å². The second kappa shape index (κ2) is 10.6. The summed E-state index contributed by atoms with van der Waals surface area (Å²) in [6.45, 7) is 3.18. The molecule has 1 saturated carbocycles. The Balaban J connectivity index is 1.54. The van der Waals surface area contributed by atoms with Crippen molar-refractivity contribution < 1.29 is 22.4 Å². The van der Waals surface area contributed by atoms with Gasteiger partial charge in [0.2, 0.25) is 21.8 Å². The molecule has 0 radical (unpaired) electrons. The molecule has 0 saturated heterocycles. The summed E-state index contributed by atoms with van der Waals surface area (Å²) in [5, 5.41) is 5.62. The van der Waals surface area contributed by atoms with Crippen molar-refractivity contribution in [2.24, 2.45) is 5.92 Å². The Morgan fingerprint density at radius 3 is 2.27 bits per heavy atom. The topological polar surface area (TPSA) is 104 Å². The van der Waals surface area contributed by atoms with Crippen LogP contribution < -0.4 is 15.4 Å². The number of hydrogen-bond donors (Lipinski definition) is 3. The second-order valence-corrected chi connectivity index (χ2v) is 10.4. The first-order valence-corrected chi connectivity index (χ1v) is 12.6. The molecule has 3 rings (SSSR count). The van der Waals surface area contributed by atoms with Gasteiger partial charge in [-0.15, -0.1) is 0 Å². The number of sulfonamides is 1. The Hall–Kier alpha value is -2.49. The molecule has 2 aromatic carbocycles. The van der Waals surface area contributed by atoms with E-state index >= 15 is 0 Å². The lowest BCUT2D eigenvalue weighted by Crippen LogP contribution is -2.41. The lowest BCUT2D eigenvalue weighted by molar-refractivity contribution is -0.126. The highest BCUT2D eigenvalue weighted by molar-refractivity contribution is 7.89. The molecule has 1 aliphatic rings. The summed E-state index contributed by atoms with van der Waals surface area (Å²) in [7, 11) is -3.80. The second-order valence-electron chi connectivity index (χ2n) is 8.27. The van der Waals surface area contributed by atoms with Crippen LogP contribution in [0.5, 0.6) is 0 Å². The lowest BCUT2D eigenvalue weighted by atomic mass is 9.85. The van der Waals surface area contributed by atoms with Gasteiger partial charge in [-0.05, 0) is 68.5 Å². The molecule has 2 aromatic rings. The van der Waals surface area contributed by atoms with Crippen LogP contribution in [0.3, 0.4) is 0 Å². The molecular weight excluding hydrogens is 469 g/mol. The minimum atomic E-state index is -3.80. The number of carbonyl (C=O) groups excluding carboxylic acids is 2. The van der Waals surface area contributed by atoms with Gasteiger partial charge < -0.3 is 10.6 Å². The average Bonchev–Trinajstić information content (AvgIpc) is 2.75. The summed E-state index contributed by atoms with van der Waals surface area (Å²) in [6.07, 6.45) is 2.16.